The first-order valence-corrected chi connectivity index (χ1v) is 10.7. The second kappa shape index (κ2) is 9.05. The highest BCUT2D eigenvalue weighted by Gasteiger charge is 2.22. The number of benzene rings is 3. The van der Waals surface area contributed by atoms with Crippen molar-refractivity contribution >= 4 is 28.7 Å². The number of carbonyl (C=O) groups excluding carboxylic acids is 1. The van der Waals surface area contributed by atoms with Crippen molar-refractivity contribution in [3.8, 4) is 5.75 Å². The van der Waals surface area contributed by atoms with Crippen molar-refractivity contribution in [3.05, 3.63) is 90.3 Å². The van der Waals surface area contributed by atoms with Crippen LogP contribution in [-0.4, -0.2) is 28.3 Å². The van der Waals surface area contributed by atoms with Crippen LogP contribution in [0.15, 0.2) is 83.8 Å². The van der Waals surface area contributed by atoms with Gasteiger partial charge in [0.05, 0.1) is 23.9 Å². The summed E-state index contributed by atoms with van der Waals surface area (Å²) in [6.07, 6.45) is 0. The maximum Gasteiger partial charge on any atom is 0.231 e. The number of fused-ring (bicyclic) bond motifs is 1. The minimum Gasteiger partial charge on any atom is -0.497 e. The third kappa shape index (κ3) is 4.33. The zero-order valence-corrected chi connectivity index (χ0v) is 17.7. The lowest BCUT2D eigenvalue weighted by Crippen LogP contribution is -2.32. The van der Waals surface area contributed by atoms with Crippen LogP contribution in [0, 0.1) is 0 Å². The number of methoxy groups -OCH3 is 1. The van der Waals surface area contributed by atoms with Crippen LogP contribution in [-0.2, 0) is 11.8 Å². The minimum absolute atomic E-state index is 0.0447. The van der Waals surface area contributed by atoms with E-state index in [-0.39, 0.29) is 11.9 Å². The Balaban J connectivity index is 1.55. The average molecular weight is 418 g/mol. The Hall–Kier alpha value is -3.25. The predicted molar refractivity (Wildman–Crippen MR) is 121 cm³/mol. The van der Waals surface area contributed by atoms with Gasteiger partial charge in [-0.05, 0) is 42.0 Å². The van der Waals surface area contributed by atoms with Gasteiger partial charge in [-0.15, -0.1) is 11.8 Å². The molecule has 1 heterocycles. The largest absolute Gasteiger partial charge is 0.497 e. The van der Waals surface area contributed by atoms with Crippen LogP contribution >= 0.6 is 11.8 Å². The number of aromatic nitrogens is 2. The van der Waals surface area contributed by atoms with Crippen molar-refractivity contribution in [2.24, 2.45) is 7.05 Å². The lowest BCUT2D eigenvalue weighted by molar-refractivity contribution is -0.119. The monoisotopic (exact) mass is 417 g/mol. The molecule has 1 aromatic heterocycles. The number of thioether (sulfide) groups is 1. The zero-order valence-electron chi connectivity index (χ0n) is 16.9. The molecular weight excluding hydrogens is 394 g/mol. The van der Waals surface area contributed by atoms with Gasteiger partial charge in [0.25, 0.3) is 0 Å². The van der Waals surface area contributed by atoms with Gasteiger partial charge in [-0.1, -0.05) is 42.5 Å². The Morgan fingerprint density at radius 3 is 2.43 bits per heavy atom. The summed E-state index contributed by atoms with van der Waals surface area (Å²) in [5, 5.41) is 3.18. The molecule has 4 rings (SSSR count). The van der Waals surface area contributed by atoms with Crippen molar-refractivity contribution in [1.29, 1.82) is 0 Å². The van der Waals surface area contributed by atoms with Crippen LogP contribution in [0.2, 0.25) is 0 Å². The average Bonchev–Trinajstić information content (AvgIpc) is 3.13. The molecule has 0 spiro atoms. The number of imidazole rings is 1. The molecule has 0 saturated heterocycles. The number of carbonyl (C=O) groups is 1. The topological polar surface area (TPSA) is 56.1 Å². The molecule has 1 atom stereocenters. The molecule has 0 saturated carbocycles. The van der Waals surface area contributed by atoms with E-state index in [0.717, 1.165) is 33.1 Å². The van der Waals surface area contributed by atoms with Gasteiger partial charge in [0.1, 0.15) is 17.6 Å². The number of rotatable bonds is 7. The quantitative estimate of drug-likeness (QED) is 0.447. The van der Waals surface area contributed by atoms with Gasteiger partial charge in [0, 0.05) is 11.9 Å². The van der Waals surface area contributed by atoms with Gasteiger partial charge in [0.15, 0.2) is 0 Å². The summed E-state index contributed by atoms with van der Waals surface area (Å²) in [5.74, 6) is 1.89. The van der Waals surface area contributed by atoms with E-state index >= 15 is 0 Å². The summed E-state index contributed by atoms with van der Waals surface area (Å²) in [5.41, 5.74) is 2.95. The summed E-state index contributed by atoms with van der Waals surface area (Å²) >= 11 is 1.49. The maximum absolute atomic E-state index is 12.8. The maximum atomic E-state index is 12.8. The number of aryl methyl sites for hydroxylation is 1. The van der Waals surface area contributed by atoms with Gasteiger partial charge in [-0.25, -0.2) is 4.98 Å². The lowest BCUT2D eigenvalue weighted by atomic mass is 10.1. The number of nitrogens with zero attached hydrogens (tertiary/aromatic N) is 2. The second-order valence-electron chi connectivity index (χ2n) is 6.89. The van der Waals surface area contributed by atoms with E-state index < -0.39 is 0 Å². The molecule has 1 amide bonds. The summed E-state index contributed by atoms with van der Waals surface area (Å²) < 4.78 is 7.23. The molecule has 0 aliphatic rings. The first-order valence-electron chi connectivity index (χ1n) is 9.68. The van der Waals surface area contributed by atoms with Gasteiger partial charge < -0.3 is 14.6 Å². The normalized spacial score (nSPS) is 11.9. The van der Waals surface area contributed by atoms with Crippen molar-refractivity contribution in [2.75, 3.05) is 12.9 Å². The van der Waals surface area contributed by atoms with Crippen molar-refractivity contribution in [1.82, 2.24) is 14.9 Å². The second-order valence-corrected chi connectivity index (χ2v) is 7.94. The highest BCUT2D eigenvalue weighted by atomic mass is 32.2. The molecule has 1 N–H and O–H groups in total. The van der Waals surface area contributed by atoms with Crippen LogP contribution in [0.25, 0.3) is 11.0 Å². The lowest BCUT2D eigenvalue weighted by Gasteiger charge is -2.19. The van der Waals surface area contributed by atoms with E-state index in [4.69, 9.17) is 9.72 Å². The molecule has 4 aromatic rings. The molecule has 1 unspecified atom stereocenters. The van der Waals surface area contributed by atoms with Crippen molar-refractivity contribution in [2.45, 2.75) is 10.9 Å². The van der Waals surface area contributed by atoms with E-state index in [2.05, 4.69) is 5.32 Å². The third-order valence-corrected chi connectivity index (χ3v) is 5.96. The van der Waals surface area contributed by atoms with Gasteiger partial charge in [-0.3, -0.25) is 4.79 Å². The van der Waals surface area contributed by atoms with E-state index in [9.17, 15) is 4.79 Å². The number of nitrogens with one attached hydrogen (secondary N) is 1. The van der Waals surface area contributed by atoms with Gasteiger partial charge in [0.2, 0.25) is 5.91 Å². The number of hydrogen-bond acceptors (Lipinski definition) is 4. The Morgan fingerprint density at radius 2 is 1.73 bits per heavy atom. The first kappa shape index (κ1) is 20.0. The van der Waals surface area contributed by atoms with Crippen LogP contribution < -0.4 is 10.1 Å². The standard InChI is InChI=1S/C24H23N3O2S/c1-27-21-11-7-6-10-20(21)25-24(27)23(17-8-4-3-5-9-17)26-22(28)16-30-19-14-12-18(29-2)13-15-19/h3-15,23H,16H2,1-2H3,(H,26,28). The Morgan fingerprint density at radius 1 is 1.03 bits per heavy atom. The van der Waals surface area contributed by atoms with Crippen molar-refractivity contribution < 1.29 is 9.53 Å². The van der Waals surface area contributed by atoms with E-state index in [0.29, 0.717) is 5.75 Å². The van der Waals surface area contributed by atoms with Gasteiger partial charge >= 0.3 is 0 Å². The molecule has 30 heavy (non-hydrogen) atoms. The highest BCUT2D eigenvalue weighted by molar-refractivity contribution is 8.00. The van der Waals surface area contributed by atoms with Crippen molar-refractivity contribution in [3.63, 3.8) is 0 Å². The number of para-hydroxylation sites is 2. The number of hydrogen-bond donors (Lipinski definition) is 1. The summed E-state index contributed by atoms with van der Waals surface area (Å²) in [6.45, 7) is 0. The highest BCUT2D eigenvalue weighted by Crippen LogP contribution is 2.26. The molecule has 0 aliphatic heterocycles. The van der Waals surface area contributed by atoms with Crippen LogP contribution in [0.3, 0.4) is 0 Å². The van der Waals surface area contributed by atoms with Gasteiger partial charge in [-0.2, -0.15) is 0 Å². The fourth-order valence-corrected chi connectivity index (χ4v) is 4.10. The number of ether oxygens (including phenoxy) is 1. The first-order chi connectivity index (χ1) is 14.7. The fourth-order valence-electron chi connectivity index (χ4n) is 3.39. The molecule has 0 bridgehead atoms. The zero-order chi connectivity index (χ0) is 20.9. The molecule has 0 aliphatic carbocycles. The molecule has 6 heteroatoms. The third-order valence-electron chi connectivity index (χ3n) is 4.95. The molecule has 3 aromatic carbocycles. The van der Waals surface area contributed by atoms with E-state index in [1.54, 1.807) is 7.11 Å². The van der Waals surface area contributed by atoms with Crippen LogP contribution in [0.1, 0.15) is 17.4 Å². The molecule has 152 valence electrons. The SMILES string of the molecule is COc1ccc(SCC(=O)NC(c2ccccc2)c2nc3ccccc3n2C)cc1. The molecule has 5 nitrogen and oxygen atoms in total. The minimum atomic E-state index is -0.326. The predicted octanol–water partition coefficient (Wildman–Crippen LogP) is 4.58. The fraction of sp³-hybridized carbons (Fsp3) is 0.167. The molecule has 0 radical (unpaired) electrons. The number of amides is 1. The molecular formula is C24H23N3O2S. The summed E-state index contributed by atoms with van der Waals surface area (Å²) in [6, 6.07) is 25.3. The van der Waals surface area contributed by atoms with E-state index in [1.165, 1.54) is 11.8 Å². The Labute approximate surface area is 180 Å². The summed E-state index contributed by atoms with van der Waals surface area (Å²) in [4.78, 5) is 18.7. The smallest absolute Gasteiger partial charge is 0.231 e. The molecule has 0 fully saturated rings. The van der Waals surface area contributed by atoms with Crippen LogP contribution in [0.4, 0.5) is 0 Å². The van der Waals surface area contributed by atoms with Crippen LogP contribution in [0.5, 0.6) is 5.75 Å². The Bertz CT molecular complexity index is 1140. The summed E-state index contributed by atoms with van der Waals surface area (Å²) in [7, 11) is 3.62. The Kier molecular flexibility index (Phi) is 6.05. The van der Waals surface area contributed by atoms with E-state index in [1.807, 2.05) is 90.5 Å².